The molecule has 230 valence electrons. The normalized spacial score (nSPS) is 16.3. The Hall–Kier alpha value is -2.80. The van der Waals surface area contributed by atoms with Gasteiger partial charge in [0.2, 0.25) is 0 Å². The zero-order valence-electron chi connectivity index (χ0n) is 25.6. The van der Waals surface area contributed by atoms with E-state index in [4.69, 9.17) is 9.47 Å². The van der Waals surface area contributed by atoms with Crippen LogP contribution < -0.4 is 9.47 Å². The molecule has 0 bridgehead atoms. The summed E-state index contributed by atoms with van der Waals surface area (Å²) in [6.45, 7) is 2.69. The van der Waals surface area contributed by atoms with Crippen molar-refractivity contribution in [3.05, 3.63) is 63.6 Å². The van der Waals surface area contributed by atoms with Crippen molar-refractivity contribution in [1.82, 2.24) is 4.90 Å². The quantitative estimate of drug-likeness (QED) is 0.0715. The standard InChI is InChI=1S/C35H48BrNO5/c1-4-5-6-7-8-9-10-11-12-13-14-15-16-17-24-37-32(29-23-22-28(41-2)25-30(29)42-3)31(34(39)35(37)40)33(38)26-18-20-27(36)21-19-26/h18-23,25,32,38H,4-17,24H2,1-3H3/b33-31+/t32-/m0/s1. The fraction of sp³-hybridized carbons (Fsp3) is 0.543. The average Bonchev–Trinajstić information content (AvgIpc) is 3.25. The molecule has 2 aromatic rings. The van der Waals surface area contributed by atoms with Crippen LogP contribution in [0.15, 0.2) is 52.5 Å². The first-order valence-corrected chi connectivity index (χ1v) is 16.5. The summed E-state index contributed by atoms with van der Waals surface area (Å²) in [5.41, 5.74) is 1.20. The maximum atomic E-state index is 13.4. The number of halogens is 1. The molecule has 3 rings (SSSR count). The fourth-order valence-electron chi connectivity index (χ4n) is 5.72. The van der Waals surface area contributed by atoms with Gasteiger partial charge in [-0.15, -0.1) is 0 Å². The molecule has 1 saturated heterocycles. The van der Waals surface area contributed by atoms with Crippen LogP contribution in [0.2, 0.25) is 0 Å². The van der Waals surface area contributed by atoms with Gasteiger partial charge in [-0.2, -0.15) is 0 Å². The van der Waals surface area contributed by atoms with Crippen LogP contribution in [-0.4, -0.2) is 42.5 Å². The molecule has 1 atom stereocenters. The molecule has 42 heavy (non-hydrogen) atoms. The summed E-state index contributed by atoms with van der Waals surface area (Å²) < 4.78 is 11.9. The van der Waals surface area contributed by atoms with E-state index < -0.39 is 17.7 Å². The Balaban J connectivity index is 1.63. The zero-order chi connectivity index (χ0) is 30.3. The Labute approximate surface area is 260 Å². The number of ketones is 1. The predicted octanol–water partition coefficient (Wildman–Crippen LogP) is 9.37. The number of nitrogens with zero attached hydrogens (tertiary/aromatic N) is 1. The first-order valence-electron chi connectivity index (χ1n) is 15.7. The number of rotatable bonds is 19. The van der Waals surface area contributed by atoms with E-state index in [0.29, 0.717) is 29.2 Å². The molecule has 0 aromatic heterocycles. The van der Waals surface area contributed by atoms with E-state index in [1.165, 1.54) is 70.6 Å². The monoisotopic (exact) mass is 641 g/mol. The highest BCUT2D eigenvalue weighted by Gasteiger charge is 2.46. The minimum absolute atomic E-state index is 0.0798. The van der Waals surface area contributed by atoms with Crippen molar-refractivity contribution in [3.63, 3.8) is 0 Å². The summed E-state index contributed by atoms with van der Waals surface area (Å²) in [4.78, 5) is 28.3. The van der Waals surface area contributed by atoms with Crippen molar-refractivity contribution in [1.29, 1.82) is 0 Å². The van der Waals surface area contributed by atoms with Gasteiger partial charge in [-0.3, -0.25) is 9.59 Å². The van der Waals surface area contributed by atoms with Crippen LogP contribution in [0.1, 0.15) is 114 Å². The van der Waals surface area contributed by atoms with Gasteiger partial charge in [0.25, 0.3) is 11.7 Å². The Morgan fingerprint density at radius 2 is 1.33 bits per heavy atom. The van der Waals surface area contributed by atoms with E-state index in [-0.39, 0.29) is 11.3 Å². The highest BCUT2D eigenvalue weighted by molar-refractivity contribution is 9.10. The summed E-state index contributed by atoms with van der Waals surface area (Å²) in [5, 5.41) is 11.3. The Morgan fingerprint density at radius 1 is 0.786 bits per heavy atom. The number of aliphatic hydroxyl groups excluding tert-OH is 1. The molecule has 0 unspecified atom stereocenters. The molecule has 2 aromatic carbocycles. The lowest BCUT2D eigenvalue weighted by atomic mass is 9.94. The molecule has 0 spiro atoms. The number of hydrogen-bond donors (Lipinski definition) is 1. The molecule has 1 fully saturated rings. The summed E-state index contributed by atoms with van der Waals surface area (Å²) in [7, 11) is 3.12. The Morgan fingerprint density at radius 3 is 1.86 bits per heavy atom. The molecule has 0 radical (unpaired) electrons. The second kappa shape index (κ2) is 18.0. The van der Waals surface area contributed by atoms with Gasteiger partial charge >= 0.3 is 0 Å². The number of carbonyl (C=O) groups excluding carboxylic acids is 2. The first kappa shape index (κ1) is 33.7. The third kappa shape index (κ3) is 9.35. The van der Waals surface area contributed by atoms with Gasteiger partial charge in [0.1, 0.15) is 17.3 Å². The van der Waals surface area contributed by atoms with Crippen molar-refractivity contribution >= 4 is 33.4 Å². The lowest BCUT2D eigenvalue weighted by Gasteiger charge is -2.27. The SMILES string of the molecule is CCCCCCCCCCCCCCCCN1C(=O)C(=O)/C(=C(/O)c2ccc(Br)cc2)[C@@H]1c1ccc(OC)cc1OC. The van der Waals surface area contributed by atoms with Crippen molar-refractivity contribution in [2.24, 2.45) is 0 Å². The largest absolute Gasteiger partial charge is 0.507 e. The number of hydrogen-bond acceptors (Lipinski definition) is 5. The molecule has 0 aliphatic carbocycles. The van der Waals surface area contributed by atoms with Gasteiger partial charge in [0, 0.05) is 28.2 Å². The van der Waals surface area contributed by atoms with E-state index in [0.717, 1.165) is 23.7 Å². The van der Waals surface area contributed by atoms with Gasteiger partial charge in [0.05, 0.1) is 25.8 Å². The molecule has 6 nitrogen and oxygen atoms in total. The summed E-state index contributed by atoms with van der Waals surface area (Å²) in [5.74, 6) is -0.358. The molecular formula is C35H48BrNO5. The molecule has 7 heteroatoms. The number of benzene rings is 2. The highest BCUT2D eigenvalue weighted by Crippen LogP contribution is 2.44. The number of ether oxygens (including phenoxy) is 2. The van der Waals surface area contributed by atoms with Crippen molar-refractivity contribution in [2.45, 2.75) is 103 Å². The second-order valence-corrected chi connectivity index (χ2v) is 12.1. The van der Waals surface area contributed by atoms with Crippen molar-refractivity contribution in [2.75, 3.05) is 20.8 Å². The van der Waals surface area contributed by atoms with Gasteiger partial charge in [-0.1, -0.05) is 118 Å². The minimum Gasteiger partial charge on any atom is -0.507 e. The number of Topliss-reactive ketones (excluding diaryl/α,β-unsaturated/α-hetero) is 1. The molecule has 1 N–H and O–H groups in total. The third-order valence-corrected chi connectivity index (χ3v) is 8.67. The van der Waals surface area contributed by atoms with Crippen LogP contribution in [0, 0.1) is 0 Å². The molecule has 1 aliphatic heterocycles. The van der Waals surface area contributed by atoms with Crippen LogP contribution in [-0.2, 0) is 9.59 Å². The van der Waals surface area contributed by atoms with Crippen molar-refractivity contribution in [3.8, 4) is 11.5 Å². The maximum absolute atomic E-state index is 13.4. The first-order chi connectivity index (χ1) is 20.4. The van der Waals surface area contributed by atoms with Crippen molar-refractivity contribution < 1.29 is 24.2 Å². The van der Waals surface area contributed by atoms with E-state index in [1.54, 1.807) is 61.6 Å². The predicted molar refractivity (Wildman–Crippen MR) is 173 cm³/mol. The smallest absolute Gasteiger partial charge is 0.295 e. The molecule has 0 saturated carbocycles. The zero-order valence-corrected chi connectivity index (χ0v) is 27.2. The summed E-state index contributed by atoms with van der Waals surface area (Å²) >= 11 is 3.41. The molecular weight excluding hydrogens is 594 g/mol. The topological polar surface area (TPSA) is 76.1 Å². The Kier molecular flexibility index (Phi) is 14.4. The number of unbranched alkanes of at least 4 members (excludes halogenated alkanes) is 13. The highest BCUT2D eigenvalue weighted by atomic mass is 79.9. The van der Waals surface area contributed by atoms with Crippen LogP contribution in [0.3, 0.4) is 0 Å². The van der Waals surface area contributed by atoms with Gasteiger partial charge in [0.15, 0.2) is 0 Å². The third-order valence-electron chi connectivity index (χ3n) is 8.15. The molecule has 1 amide bonds. The van der Waals surface area contributed by atoms with E-state index in [9.17, 15) is 14.7 Å². The van der Waals surface area contributed by atoms with Crippen LogP contribution in [0.25, 0.3) is 5.76 Å². The van der Waals surface area contributed by atoms with Crippen LogP contribution >= 0.6 is 15.9 Å². The van der Waals surface area contributed by atoms with Gasteiger partial charge in [-0.25, -0.2) is 0 Å². The summed E-state index contributed by atoms with van der Waals surface area (Å²) in [6.07, 6.45) is 17.4. The molecule has 1 aliphatic rings. The van der Waals surface area contributed by atoms with Gasteiger partial charge in [-0.05, 0) is 30.7 Å². The van der Waals surface area contributed by atoms with Gasteiger partial charge < -0.3 is 19.5 Å². The van der Waals surface area contributed by atoms with E-state index in [2.05, 4.69) is 22.9 Å². The summed E-state index contributed by atoms with van der Waals surface area (Å²) in [6, 6.07) is 11.6. The number of aliphatic hydroxyl groups is 1. The van der Waals surface area contributed by atoms with E-state index >= 15 is 0 Å². The number of amides is 1. The lowest BCUT2D eigenvalue weighted by Crippen LogP contribution is -2.31. The minimum atomic E-state index is -0.753. The Bertz CT molecular complexity index is 1180. The fourth-order valence-corrected chi connectivity index (χ4v) is 5.98. The lowest BCUT2D eigenvalue weighted by molar-refractivity contribution is -0.139. The number of likely N-dealkylation sites (tertiary alicyclic amines) is 1. The second-order valence-electron chi connectivity index (χ2n) is 11.2. The number of carbonyl (C=O) groups is 2. The van der Waals surface area contributed by atoms with Crippen LogP contribution in [0.5, 0.6) is 11.5 Å². The van der Waals surface area contributed by atoms with E-state index in [1.807, 2.05) is 0 Å². The maximum Gasteiger partial charge on any atom is 0.295 e. The molecule has 1 heterocycles. The number of methoxy groups -OCH3 is 2. The van der Waals surface area contributed by atoms with Crippen LogP contribution in [0.4, 0.5) is 0 Å². The average molecular weight is 643 g/mol.